The van der Waals surface area contributed by atoms with Crippen LogP contribution in [-0.4, -0.2) is 15.9 Å². The number of nitrogens with one attached hydrogen (secondary N) is 1. The van der Waals surface area contributed by atoms with Gasteiger partial charge in [-0.25, -0.2) is 0 Å². The minimum atomic E-state index is -1.07. The van der Waals surface area contributed by atoms with Gasteiger partial charge < -0.3 is 14.9 Å². The van der Waals surface area contributed by atoms with E-state index in [2.05, 4.69) is 9.97 Å². The molecule has 0 unspecified atom stereocenters. The largest absolute Gasteiger partial charge is 0.550 e. The van der Waals surface area contributed by atoms with E-state index in [0.717, 1.165) is 27.9 Å². The molecule has 0 aliphatic heterocycles. The highest BCUT2D eigenvalue weighted by Crippen LogP contribution is 2.33. The highest BCUT2D eigenvalue weighted by Gasteiger charge is 2.15. The number of aromatic nitrogens is 2. The number of carbonyl (C=O) groups is 1. The quantitative estimate of drug-likeness (QED) is 0.805. The molecule has 5 heteroatoms. The highest BCUT2D eigenvalue weighted by molar-refractivity contribution is 6.35. The Morgan fingerprint density at radius 3 is 2.81 bits per heavy atom. The van der Waals surface area contributed by atoms with Gasteiger partial charge in [0, 0.05) is 17.6 Å². The van der Waals surface area contributed by atoms with Crippen LogP contribution in [0.3, 0.4) is 0 Å². The van der Waals surface area contributed by atoms with E-state index in [4.69, 9.17) is 11.6 Å². The Bertz CT molecular complexity index is 797. The molecule has 0 amide bonds. The summed E-state index contributed by atoms with van der Waals surface area (Å²) in [7, 11) is 0. The van der Waals surface area contributed by atoms with Gasteiger partial charge in [0.2, 0.25) is 0 Å². The molecule has 0 atom stereocenters. The van der Waals surface area contributed by atoms with Gasteiger partial charge in [0.25, 0.3) is 0 Å². The predicted octanol–water partition coefficient (Wildman–Crippen LogP) is 2.57. The van der Waals surface area contributed by atoms with Crippen molar-refractivity contribution in [1.82, 2.24) is 9.97 Å². The van der Waals surface area contributed by atoms with Crippen LogP contribution in [-0.2, 0) is 11.2 Å². The van der Waals surface area contributed by atoms with E-state index in [1.54, 1.807) is 12.3 Å². The Balaban J connectivity index is 2.20. The molecule has 3 aromatic rings. The molecule has 0 aliphatic rings. The lowest BCUT2D eigenvalue weighted by Crippen LogP contribution is -2.22. The second-order valence-electron chi connectivity index (χ2n) is 4.73. The van der Waals surface area contributed by atoms with E-state index in [1.807, 2.05) is 30.3 Å². The minimum absolute atomic E-state index is 0.0424. The number of para-hydroxylation sites is 1. The smallest absolute Gasteiger partial charge is 0.0867 e. The van der Waals surface area contributed by atoms with E-state index in [0.29, 0.717) is 11.4 Å². The average molecular weight is 300 g/mol. The minimum Gasteiger partial charge on any atom is -0.550 e. The second kappa shape index (κ2) is 5.58. The topological polar surface area (TPSA) is 68.8 Å². The summed E-state index contributed by atoms with van der Waals surface area (Å²) in [6, 6.07) is 11.2. The third-order valence-electron chi connectivity index (χ3n) is 3.39. The Hall–Kier alpha value is -2.33. The molecule has 3 rings (SSSR count). The summed E-state index contributed by atoms with van der Waals surface area (Å²) in [6.45, 7) is 0. The summed E-state index contributed by atoms with van der Waals surface area (Å²) in [5.41, 5.74) is 3.27. The number of carbonyl (C=O) groups excluding carboxylic acids is 1. The standard InChI is InChI=1S/C16H13ClN2O2/c17-12-5-3-4-10-11(7-8-14(20)21)16(19-15(10)12)13-6-1-2-9-18-13/h1-6,9,19H,7-8H2,(H,20,21)/p-1. The van der Waals surface area contributed by atoms with E-state index >= 15 is 0 Å². The fourth-order valence-electron chi connectivity index (χ4n) is 2.45. The Morgan fingerprint density at radius 1 is 1.24 bits per heavy atom. The summed E-state index contributed by atoms with van der Waals surface area (Å²) in [4.78, 5) is 18.4. The van der Waals surface area contributed by atoms with Crippen LogP contribution in [0.5, 0.6) is 0 Å². The van der Waals surface area contributed by atoms with Crippen molar-refractivity contribution in [2.45, 2.75) is 12.8 Å². The molecule has 2 heterocycles. The molecule has 0 fully saturated rings. The number of aromatic amines is 1. The van der Waals surface area contributed by atoms with Crippen LogP contribution in [0, 0.1) is 0 Å². The van der Waals surface area contributed by atoms with Gasteiger partial charge in [0.1, 0.15) is 0 Å². The number of benzene rings is 1. The van der Waals surface area contributed by atoms with Gasteiger partial charge in [-0.15, -0.1) is 0 Å². The maximum atomic E-state index is 10.8. The lowest BCUT2D eigenvalue weighted by molar-refractivity contribution is -0.305. The first kappa shape index (κ1) is 13.6. The van der Waals surface area contributed by atoms with E-state index in [1.165, 1.54) is 0 Å². The Morgan fingerprint density at radius 2 is 2.10 bits per heavy atom. The highest BCUT2D eigenvalue weighted by atomic mass is 35.5. The molecule has 1 aromatic carbocycles. The van der Waals surface area contributed by atoms with Crippen LogP contribution in [0.2, 0.25) is 5.02 Å². The van der Waals surface area contributed by atoms with Crippen molar-refractivity contribution in [1.29, 1.82) is 0 Å². The third kappa shape index (κ3) is 2.62. The number of hydrogen-bond acceptors (Lipinski definition) is 3. The average Bonchev–Trinajstić information content (AvgIpc) is 2.86. The molecular formula is C16H12ClN2O2-. The number of fused-ring (bicyclic) bond motifs is 1. The molecule has 0 bridgehead atoms. The van der Waals surface area contributed by atoms with Gasteiger partial charge in [-0.05, 0) is 36.6 Å². The van der Waals surface area contributed by atoms with E-state index in [-0.39, 0.29) is 6.42 Å². The molecular weight excluding hydrogens is 288 g/mol. The van der Waals surface area contributed by atoms with Gasteiger partial charge in [-0.1, -0.05) is 29.8 Å². The van der Waals surface area contributed by atoms with E-state index in [9.17, 15) is 9.90 Å². The fourth-order valence-corrected chi connectivity index (χ4v) is 2.68. The Labute approximate surface area is 126 Å². The first-order chi connectivity index (χ1) is 10.2. The second-order valence-corrected chi connectivity index (χ2v) is 5.14. The number of carboxylic acid groups (broad SMARTS) is 1. The van der Waals surface area contributed by atoms with Crippen molar-refractivity contribution in [2.75, 3.05) is 0 Å². The normalized spacial score (nSPS) is 10.9. The number of hydrogen-bond donors (Lipinski definition) is 1. The number of pyridine rings is 1. The van der Waals surface area contributed by atoms with Gasteiger partial charge in [0.05, 0.1) is 21.9 Å². The number of nitrogens with zero attached hydrogens (tertiary/aromatic N) is 1. The zero-order chi connectivity index (χ0) is 14.8. The molecule has 0 aliphatic carbocycles. The molecule has 21 heavy (non-hydrogen) atoms. The monoisotopic (exact) mass is 299 g/mol. The number of halogens is 1. The predicted molar refractivity (Wildman–Crippen MR) is 79.9 cm³/mol. The van der Waals surface area contributed by atoms with Gasteiger partial charge in [-0.3, -0.25) is 4.98 Å². The number of aryl methyl sites for hydroxylation is 1. The summed E-state index contributed by atoms with van der Waals surface area (Å²) in [5, 5.41) is 12.3. The van der Waals surface area contributed by atoms with Crippen LogP contribution in [0.15, 0.2) is 42.6 Å². The van der Waals surface area contributed by atoms with Crippen LogP contribution in [0.25, 0.3) is 22.3 Å². The molecule has 1 N–H and O–H groups in total. The lowest BCUT2D eigenvalue weighted by Gasteiger charge is -2.05. The molecule has 106 valence electrons. The van der Waals surface area contributed by atoms with Crippen LogP contribution in [0.1, 0.15) is 12.0 Å². The molecule has 2 aromatic heterocycles. The summed E-state index contributed by atoms with van der Waals surface area (Å²) >= 11 is 6.21. The zero-order valence-corrected chi connectivity index (χ0v) is 11.9. The number of H-pyrrole nitrogens is 1. The van der Waals surface area contributed by atoms with Crippen molar-refractivity contribution in [2.24, 2.45) is 0 Å². The van der Waals surface area contributed by atoms with Crippen molar-refractivity contribution in [3.8, 4) is 11.4 Å². The van der Waals surface area contributed by atoms with Crippen molar-refractivity contribution in [3.63, 3.8) is 0 Å². The summed E-state index contributed by atoms with van der Waals surface area (Å²) < 4.78 is 0. The summed E-state index contributed by atoms with van der Waals surface area (Å²) in [5.74, 6) is -1.07. The molecule has 0 radical (unpaired) electrons. The molecule has 0 saturated heterocycles. The van der Waals surface area contributed by atoms with Crippen molar-refractivity contribution >= 4 is 28.5 Å². The lowest BCUT2D eigenvalue weighted by atomic mass is 10.0. The number of aliphatic carboxylic acids is 1. The van der Waals surface area contributed by atoms with Crippen molar-refractivity contribution < 1.29 is 9.90 Å². The van der Waals surface area contributed by atoms with Crippen LogP contribution in [0.4, 0.5) is 0 Å². The van der Waals surface area contributed by atoms with Crippen LogP contribution >= 0.6 is 11.6 Å². The van der Waals surface area contributed by atoms with E-state index < -0.39 is 5.97 Å². The van der Waals surface area contributed by atoms with Gasteiger partial charge in [-0.2, -0.15) is 0 Å². The first-order valence-corrected chi connectivity index (χ1v) is 6.95. The number of rotatable bonds is 4. The fraction of sp³-hybridized carbons (Fsp3) is 0.125. The Kier molecular flexibility index (Phi) is 3.62. The maximum Gasteiger partial charge on any atom is 0.0867 e. The first-order valence-electron chi connectivity index (χ1n) is 6.57. The van der Waals surface area contributed by atoms with Crippen molar-refractivity contribution in [3.05, 3.63) is 53.2 Å². The third-order valence-corrected chi connectivity index (χ3v) is 3.71. The maximum absolute atomic E-state index is 10.8. The SMILES string of the molecule is O=C([O-])CCc1c(-c2ccccn2)[nH]c2c(Cl)cccc12. The van der Waals surface area contributed by atoms with Gasteiger partial charge in [0.15, 0.2) is 0 Å². The van der Waals surface area contributed by atoms with Gasteiger partial charge >= 0.3 is 0 Å². The van der Waals surface area contributed by atoms with Crippen LogP contribution < -0.4 is 5.11 Å². The zero-order valence-electron chi connectivity index (χ0n) is 11.1. The molecule has 4 nitrogen and oxygen atoms in total. The molecule has 0 spiro atoms. The molecule has 0 saturated carbocycles. The number of carboxylic acids is 1. The summed E-state index contributed by atoms with van der Waals surface area (Å²) in [6.07, 6.45) is 2.03.